The van der Waals surface area contributed by atoms with Crippen molar-refractivity contribution in [3.8, 4) is 0 Å². The molecule has 106 valence electrons. The van der Waals surface area contributed by atoms with Gasteiger partial charge in [0.05, 0.1) is 5.02 Å². The van der Waals surface area contributed by atoms with E-state index in [0.717, 1.165) is 5.56 Å². The fraction of sp³-hybridized carbons (Fsp3) is 0.231. The lowest BCUT2D eigenvalue weighted by atomic mass is 10.2. The molecule has 20 heavy (non-hydrogen) atoms. The lowest BCUT2D eigenvalue weighted by Gasteiger charge is -2.08. The maximum absolute atomic E-state index is 13.0. The first-order valence-corrected chi connectivity index (χ1v) is 6.26. The van der Waals surface area contributed by atoms with Crippen molar-refractivity contribution in [2.45, 2.75) is 13.2 Å². The second-order valence-electron chi connectivity index (χ2n) is 4.13. The van der Waals surface area contributed by atoms with Crippen LogP contribution in [0.25, 0.3) is 0 Å². The molecule has 0 aliphatic heterocycles. The molecule has 0 saturated carbocycles. The molecular formula is C13H14ClFN4O. The van der Waals surface area contributed by atoms with Gasteiger partial charge in [0.2, 0.25) is 0 Å². The van der Waals surface area contributed by atoms with E-state index in [1.165, 1.54) is 6.07 Å². The van der Waals surface area contributed by atoms with Gasteiger partial charge in [-0.3, -0.25) is 0 Å². The van der Waals surface area contributed by atoms with Gasteiger partial charge in [-0.25, -0.2) is 14.4 Å². The van der Waals surface area contributed by atoms with Crippen LogP contribution >= 0.6 is 11.6 Å². The number of nitrogen functional groups attached to an aromatic ring is 1. The molecule has 5 nitrogen and oxygen atoms in total. The maximum Gasteiger partial charge on any atom is 0.158 e. The summed E-state index contributed by atoms with van der Waals surface area (Å²) in [5, 5.41) is 3.17. The third-order valence-electron chi connectivity index (χ3n) is 2.52. The molecule has 0 radical (unpaired) electrons. The fourth-order valence-corrected chi connectivity index (χ4v) is 1.85. The first-order valence-electron chi connectivity index (χ1n) is 5.88. The van der Waals surface area contributed by atoms with Crippen LogP contribution in [0.3, 0.4) is 0 Å². The van der Waals surface area contributed by atoms with Crippen molar-refractivity contribution in [2.24, 2.45) is 0 Å². The Balaban J connectivity index is 2.08. The Morgan fingerprint density at radius 2 is 2.15 bits per heavy atom. The summed E-state index contributed by atoms with van der Waals surface area (Å²) in [7, 11) is 1.56. The number of ether oxygens (including phenoxy) is 1. The van der Waals surface area contributed by atoms with Gasteiger partial charge in [-0.15, -0.1) is 0 Å². The molecule has 0 atom stereocenters. The molecule has 1 aromatic heterocycles. The minimum atomic E-state index is -0.441. The van der Waals surface area contributed by atoms with Gasteiger partial charge in [-0.05, 0) is 17.7 Å². The molecule has 0 aliphatic carbocycles. The van der Waals surface area contributed by atoms with E-state index in [9.17, 15) is 4.39 Å². The molecule has 2 aromatic rings. The number of halogens is 2. The fourth-order valence-electron chi connectivity index (χ4n) is 1.64. The molecule has 0 spiro atoms. The smallest absolute Gasteiger partial charge is 0.158 e. The van der Waals surface area contributed by atoms with E-state index in [1.54, 1.807) is 25.3 Å². The van der Waals surface area contributed by atoms with Crippen LogP contribution < -0.4 is 11.1 Å². The summed E-state index contributed by atoms with van der Waals surface area (Å²) >= 11 is 5.72. The Hall–Kier alpha value is -1.92. The number of benzene rings is 1. The first-order chi connectivity index (χ1) is 9.58. The van der Waals surface area contributed by atoms with Gasteiger partial charge in [-0.2, -0.15) is 0 Å². The normalized spacial score (nSPS) is 10.6. The third kappa shape index (κ3) is 3.79. The number of methoxy groups -OCH3 is 1. The molecule has 0 unspecified atom stereocenters. The summed E-state index contributed by atoms with van der Waals surface area (Å²) in [6.07, 6.45) is 0. The number of nitrogens with zero attached hydrogens (tertiary/aromatic N) is 2. The standard InChI is InChI=1S/C13H14ClFN4O/c1-20-7-13-18-11(16)5-12(19-13)17-6-8-2-3-10(15)9(14)4-8/h2-5H,6-7H2,1H3,(H3,16,17,18,19). The summed E-state index contributed by atoms with van der Waals surface area (Å²) in [6, 6.07) is 6.15. The zero-order valence-electron chi connectivity index (χ0n) is 10.9. The Bertz CT molecular complexity index is 609. The predicted molar refractivity (Wildman–Crippen MR) is 75.9 cm³/mol. The Morgan fingerprint density at radius 3 is 2.85 bits per heavy atom. The SMILES string of the molecule is COCc1nc(N)cc(NCc2ccc(F)c(Cl)c2)n1. The largest absolute Gasteiger partial charge is 0.384 e. The van der Waals surface area contributed by atoms with E-state index < -0.39 is 5.82 Å². The molecule has 0 saturated heterocycles. The predicted octanol–water partition coefficient (Wildman–Crippen LogP) is 2.61. The molecule has 7 heteroatoms. The van der Waals surface area contributed by atoms with Gasteiger partial charge >= 0.3 is 0 Å². The van der Waals surface area contributed by atoms with Crippen LogP contribution in [-0.4, -0.2) is 17.1 Å². The Labute approximate surface area is 120 Å². The van der Waals surface area contributed by atoms with Crippen LogP contribution in [-0.2, 0) is 17.9 Å². The van der Waals surface area contributed by atoms with E-state index >= 15 is 0 Å². The molecule has 0 amide bonds. The summed E-state index contributed by atoms with van der Waals surface area (Å²) in [4.78, 5) is 8.28. The van der Waals surface area contributed by atoms with E-state index in [-0.39, 0.29) is 11.6 Å². The summed E-state index contributed by atoms with van der Waals surface area (Å²) < 4.78 is 18.0. The van der Waals surface area contributed by atoms with Gasteiger partial charge in [0.1, 0.15) is 24.1 Å². The number of rotatable bonds is 5. The Kier molecular flexibility index (Phi) is 4.70. The molecular weight excluding hydrogens is 283 g/mol. The second kappa shape index (κ2) is 6.49. The highest BCUT2D eigenvalue weighted by Gasteiger charge is 2.04. The highest BCUT2D eigenvalue weighted by Crippen LogP contribution is 2.17. The highest BCUT2D eigenvalue weighted by atomic mass is 35.5. The number of nitrogens with two attached hydrogens (primary N) is 1. The van der Waals surface area contributed by atoms with Crippen LogP contribution in [0.2, 0.25) is 5.02 Å². The zero-order valence-corrected chi connectivity index (χ0v) is 11.6. The minimum Gasteiger partial charge on any atom is -0.384 e. The van der Waals surface area contributed by atoms with Gasteiger partial charge in [0.15, 0.2) is 5.82 Å². The molecule has 0 aliphatic rings. The van der Waals surface area contributed by atoms with Crippen molar-refractivity contribution < 1.29 is 9.13 Å². The number of hydrogen-bond acceptors (Lipinski definition) is 5. The van der Waals surface area contributed by atoms with Crippen LogP contribution in [0.4, 0.5) is 16.0 Å². The topological polar surface area (TPSA) is 73.1 Å². The lowest BCUT2D eigenvalue weighted by molar-refractivity contribution is 0.178. The van der Waals surface area contributed by atoms with Gasteiger partial charge in [0, 0.05) is 19.7 Å². The lowest BCUT2D eigenvalue weighted by Crippen LogP contribution is -2.07. The van der Waals surface area contributed by atoms with E-state index in [0.29, 0.717) is 24.0 Å². The molecule has 1 heterocycles. The molecule has 2 rings (SSSR count). The quantitative estimate of drug-likeness (QED) is 0.887. The third-order valence-corrected chi connectivity index (χ3v) is 2.81. The zero-order chi connectivity index (χ0) is 14.5. The van der Waals surface area contributed by atoms with Gasteiger partial charge in [-0.1, -0.05) is 17.7 Å². The average molecular weight is 297 g/mol. The van der Waals surface area contributed by atoms with Crippen molar-refractivity contribution in [3.63, 3.8) is 0 Å². The monoisotopic (exact) mass is 296 g/mol. The van der Waals surface area contributed by atoms with Crippen LogP contribution in [0.15, 0.2) is 24.3 Å². The maximum atomic E-state index is 13.0. The summed E-state index contributed by atoms with van der Waals surface area (Å²) in [5.41, 5.74) is 6.52. The molecule has 0 fully saturated rings. The minimum absolute atomic E-state index is 0.0894. The highest BCUT2D eigenvalue weighted by molar-refractivity contribution is 6.30. The second-order valence-corrected chi connectivity index (χ2v) is 4.54. The molecule has 1 aromatic carbocycles. The van der Waals surface area contributed by atoms with E-state index in [2.05, 4.69) is 15.3 Å². The van der Waals surface area contributed by atoms with Crippen molar-refractivity contribution in [1.29, 1.82) is 0 Å². The van der Waals surface area contributed by atoms with Crippen LogP contribution in [0.5, 0.6) is 0 Å². The van der Waals surface area contributed by atoms with Crippen LogP contribution in [0.1, 0.15) is 11.4 Å². The number of aromatic nitrogens is 2. The van der Waals surface area contributed by atoms with E-state index in [4.69, 9.17) is 22.1 Å². The van der Waals surface area contributed by atoms with Crippen molar-refractivity contribution >= 4 is 23.2 Å². The summed E-state index contributed by atoms with van der Waals surface area (Å²) in [6.45, 7) is 0.727. The number of nitrogens with one attached hydrogen (secondary N) is 1. The van der Waals surface area contributed by atoms with Crippen LogP contribution in [0, 0.1) is 5.82 Å². The Morgan fingerprint density at radius 1 is 1.35 bits per heavy atom. The summed E-state index contributed by atoms with van der Waals surface area (Å²) in [5.74, 6) is 0.980. The number of anilines is 2. The molecule has 3 N–H and O–H groups in total. The molecule has 0 bridgehead atoms. The van der Waals surface area contributed by atoms with Gasteiger partial charge in [0.25, 0.3) is 0 Å². The number of hydrogen-bond donors (Lipinski definition) is 2. The van der Waals surface area contributed by atoms with Gasteiger partial charge < -0.3 is 15.8 Å². The van der Waals surface area contributed by atoms with E-state index in [1.807, 2.05) is 0 Å². The van der Waals surface area contributed by atoms with Crippen molar-refractivity contribution in [2.75, 3.05) is 18.2 Å². The van der Waals surface area contributed by atoms with Crippen molar-refractivity contribution in [3.05, 3.63) is 46.5 Å². The average Bonchev–Trinajstić information content (AvgIpc) is 2.40. The van der Waals surface area contributed by atoms with Crippen molar-refractivity contribution in [1.82, 2.24) is 9.97 Å². The first kappa shape index (κ1) is 14.5.